The van der Waals surface area contributed by atoms with Gasteiger partial charge in [0.05, 0.1) is 0 Å². The van der Waals surface area contributed by atoms with Gasteiger partial charge in [0, 0.05) is 12.4 Å². The van der Waals surface area contributed by atoms with E-state index in [-0.39, 0.29) is 0 Å². The smallest absolute Gasteiger partial charge is 0.0303 e. The van der Waals surface area contributed by atoms with Crippen LogP contribution in [0.5, 0.6) is 0 Å². The molecule has 70 valence electrons. The molecule has 0 aliphatic heterocycles. The van der Waals surface area contributed by atoms with Gasteiger partial charge in [-0.15, -0.1) is 6.58 Å². The molecular weight excluding hydrogens is 158 g/mol. The van der Waals surface area contributed by atoms with Crippen molar-refractivity contribution in [2.45, 2.75) is 32.6 Å². The van der Waals surface area contributed by atoms with Crippen LogP contribution in [-0.4, -0.2) is 4.98 Å². The number of hydrogen-bond donors (Lipinski definition) is 0. The molecule has 13 heavy (non-hydrogen) atoms. The van der Waals surface area contributed by atoms with Gasteiger partial charge in [-0.2, -0.15) is 0 Å². The Hall–Kier alpha value is -1.11. The largest absolute Gasteiger partial charge is 0.264 e. The molecule has 0 N–H and O–H groups in total. The predicted octanol–water partition coefficient (Wildman–Crippen LogP) is 3.46. The topological polar surface area (TPSA) is 12.9 Å². The average Bonchev–Trinajstić information content (AvgIpc) is 2.14. The fraction of sp³-hybridized carbons (Fsp3) is 0.417. The summed E-state index contributed by atoms with van der Waals surface area (Å²) < 4.78 is 0. The lowest BCUT2D eigenvalue weighted by Crippen LogP contribution is -1.97. The number of rotatable bonds is 4. The number of allylic oxidation sites excluding steroid dienone is 1. The maximum Gasteiger partial charge on any atom is 0.0303 e. The molecule has 0 saturated heterocycles. The lowest BCUT2D eigenvalue weighted by molar-refractivity contribution is 0.671. The van der Waals surface area contributed by atoms with E-state index >= 15 is 0 Å². The third kappa shape index (κ3) is 2.69. The molecule has 0 amide bonds. The van der Waals surface area contributed by atoms with Gasteiger partial charge in [0.15, 0.2) is 0 Å². The zero-order valence-electron chi connectivity index (χ0n) is 8.46. The van der Waals surface area contributed by atoms with Crippen LogP contribution in [0.3, 0.4) is 0 Å². The van der Waals surface area contributed by atoms with Crippen molar-refractivity contribution in [1.82, 2.24) is 4.98 Å². The van der Waals surface area contributed by atoms with Crippen LogP contribution < -0.4 is 0 Å². The van der Waals surface area contributed by atoms with Crippen molar-refractivity contribution in [3.8, 4) is 0 Å². The Morgan fingerprint density at radius 1 is 1.54 bits per heavy atom. The summed E-state index contributed by atoms with van der Waals surface area (Å²) >= 11 is 0. The van der Waals surface area contributed by atoms with Crippen molar-refractivity contribution in [3.63, 3.8) is 0 Å². The van der Waals surface area contributed by atoms with Crippen molar-refractivity contribution in [2.24, 2.45) is 0 Å². The molecular formula is C12H17N. The monoisotopic (exact) mass is 175 g/mol. The zero-order valence-corrected chi connectivity index (χ0v) is 8.46. The minimum absolute atomic E-state index is 0.588. The van der Waals surface area contributed by atoms with Crippen molar-refractivity contribution in [1.29, 1.82) is 0 Å². The zero-order chi connectivity index (χ0) is 9.68. The molecule has 0 saturated carbocycles. The van der Waals surface area contributed by atoms with Crippen molar-refractivity contribution in [3.05, 3.63) is 42.2 Å². The molecule has 1 atom stereocenters. The second-order valence-electron chi connectivity index (χ2n) is 3.43. The van der Waals surface area contributed by atoms with E-state index in [0.717, 1.165) is 12.8 Å². The minimum atomic E-state index is 0.588. The van der Waals surface area contributed by atoms with E-state index in [0.29, 0.717) is 5.92 Å². The Morgan fingerprint density at radius 3 is 2.85 bits per heavy atom. The number of nitrogens with zero attached hydrogens (tertiary/aromatic N) is 1. The molecule has 1 unspecified atom stereocenters. The van der Waals surface area contributed by atoms with Crippen LogP contribution in [0.1, 0.15) is 36.8 Å². The van der Waals surface area contributed by atoms with Crippen LogP contribution in [-0.2, 0) is 0 Å². The molecule has 1 aromatic rings. The molecule has 0 fully saturated rings. The van der Waals surface area contributed by atoms with Crippen LogP contribution in [0.2, 0.25) is 0 Å². The number of pyridine rings is 1. The number of aryl methyl sites for hydroxylation is 1. The Bertz CT molecular complexity index is 278. The highest BCUT2D eigenvalue weighted by molar-refractivity contribution is 5.21. The predicted molar refractivity (Wildman–Crippen MR) is 56.8 cm³/mol. The summed E-state index contributed by atoms with van der Waals surface area (Å²) in [5, 5.41) is 0. The van der Waals surface area contributed by atoms with Gasteiger partial charge in [-0.1, -0.05) is 19.1 Å². The standard InChI is InChI=1S/C12H17N/c1-4-6-11(5-2)12-7-10(3)8-13-9-12/h4,7-9,11H,1,5-6H2,2-3H3. The summed E-state index contributed by atoms with van der Waals surface area (Å²) in [6.07, 6.45) is 8.03. The Labute approximate surface area is 80.5 Å². The van der Waals surface area contributed by atoms with E-state index in [1.165, 1.54) is 11.1 Å². The van der Waals surface area contributed by atoms with Gasteiger partial charge in [-0.3, -0.25) is 4.98 Å². The van der Waals surface area contributed by atoms with Crippen LogP contribution in [0.25, 0.3) is 0 Å². The second-order valence-corrected chi connectivity index (χ2v) is 3.43. The molecule has 1 heteroatoms. The Balaban J connectivity index is 2.84. The van der Waals surface area contributed by atoms with Crippen molar-refractivity contribution < 1.29 is 0 Å². The maximum absolute atomic E-state index is 4.20. The van der Waals surface area contributed by atoms with Gasteiger partial charge in [0.2, 0.25) is 0 Å². The molecule has 0 aliphatic rings. The van der Waals surface area contributed by atoms with E-state index in [1.807, 2.05) is 18.5 Å². The van der Waals surface area contributed by atoms with Crippen LogP contribution in [0.4, 0.5) is 0 Å². The van der Waals surface area contributed by atoms with Gasteiger partial charge in [0.25, 0.3) is 0 Å². The summed E-state index contributed by atoms with van der Waals surface area (Å²) in [6, 6.07) is 2.21. The van der Waals surface area contributed by atoms with E-state index in [1.54, 1.807) is 0 Å². The first-order valence-electron chi connectivity index (χ1n) is 4.80. The van der Waals surface area contributed by atoms with E-state index < -0.39 is 0 Å². The van der Waals surface area contributed by atoms with Crippen molar-refractivity contribution >= 4 is 0 Å². The van der Waals surface area contributed by atoms with E-state index in [4.69, 9.17) is 0 Å². The highest BCUT2D eigenvalue weighted by Gasteiger charge is 2.07. The van der Waals surface area contributed by atoms with Gasteiger partial charge >= 0.3 is 0 Å². The SMILES string of the molecule is C=CCC(CC)c1cncc(C)c1. The van der Waals surface area contributed by atoms with Crippen LogP contribution in [0, 0.1) is 6.92 Å². The molecule has 1 nitrogen and oxygen atoms in total. The third-order valence-corrected chi connectivity index (χ3v) is 2.31. The van der Waals surface area contributed by atoms with Crippen LogP contribution >= 0.6 is 0 Å². The van der Waals surface area contributed by atoms with E-state index in [2.05, 4.69) is 31.5 Å². The highest BCUT2D eigenvalue weighted by Crippen LogP contribution is 2.23. The molecule has 1 aromatic heterocycles. The maximum atomic E-state index is 4.20. The summed E-state index contributed by atoms with van der Waals surface area (Å²) in [4.78, 5) is 4.20. The highest BCUT2D eigenvalue weighted by atomic mass is 14.6. The van der Waals surface area contributed by atoms with Gasteiger partial charge in [0.1, 0.15) is 0 Å². The van der Waals surface area contributed by atoms with Crippen LogP contribution in [0.15, 0.2) is 31.1 Å². The first kappa shape index (κ1) is 9.97. The Morgan fingerprint density at radius 2 is 2.31 bits per heavy atom. The molecule has 1 rings (SSSR count). The third-order valence-electron chi connectivity index (χ3n) is 2.31. The number of aromatic nitrogens is 1. The summed E-state index contributed by atoms with van der Waals surface area (Å²) in [5.74, 6) is 0.588. The lowest BCUT2D eigenvalue weighted by Gasteiger charge is -2.12. The van der Waals surface area contributed by atoms with Gasteiger partial charge in [-0.25, -0.2) is 0 Å². The molecule has 1 heterocycles. The first-order chi connectivity index (χ1) is 6.27. The summed E-state index contributed by atoms with van der Waals surface area (Å²) in [6.45, 7) is 8.06. The fourth-order valence-electron chi connectivity index (χ4n) is 1.54. The van der Waals surface area contributed by atoms with Gasteiger partial charge in [-0.05, 0) is 36.8 Å². The summed E-state index contributed by atoms with van der Waals surface area (Å²) in [7, 11) is 0. The Kier molecular flexibility index (Phi) is 3.69. The summed E-state index contributed by atoms with van der Waals surface area (Å²) in [5.41, 5.74) is 2.57. The number of hydrogen-bond acceptors (Lipinski definition) is 1. The molecule has 0 aromatic carbocycles. The van der Waals surface area contributed by atoms with Gasteiger partial charge < -0.3 is 0 Å². The molecule has 0 spiro atoms. The second kappa shape index (κ2) is 4.80. The molecule has 0 radical (unpaired) electrons. The normalized spacial score (nSPS) is 12.5. The van der Waals surface area contributed by atoms with Crippen molar-refractivity contribution in [2.75, 3.05) is 0 Å². The minimum Gasteiger partial charge on any atom is -0.264 e. The fourth-order valence-corrected chi connectivity index (χ4v) is 1.54. The average molecular weight is 175 g/mol. The quantitative estimate of drug-likeness (QED) is 0.639. The lowest BCUT2D eigenvalue weighted by atomic mass is 9.94. The molecule has 0 aliphatic carbocycles. The van der Waals surface area contributed by atoms with E-state index in [9.17, 15) is 0 Å². The first-order valence-corrected chi connectivity index (χ1v) is 4.80. The molecule has 0 bridgehead atoms.